The third kappa shape index (κ3) is 15.5. The van der Waals surface area contributed by atoms with Crippen LogP contribution in [0.1, 0.15) is 82.6 Å². The molecule has 32 heavy (non-hydrogen) atoms. The molecule has 1 rings (SSSR count). The highest BCUT2D eigenvalue weighted by molar-refractivity contribution is 5.66. The fourth-order valence-corrected chi connectivity index (χ4v) is 3.45. The van der Waals surface area contributed by atoms with Gasteiger partial charge in [-0.25, -0.2) is 0 Å². The lowest BCUT2D eigenvalue weighted by molar-refractivity contribution is -0.138. The summed E-state index contributed by atoms with van der Waals surface area (Å²) in [6.45, 7) is 2.08. The van der Waals surface area contributed by atoms with Gasteiger partial charge in [0.15, 0.2) is 0 Å². The molecular formula is C25H41NO6. The molecule has 0 aromatic heterocycles. The van der Waals surface area contributed by atoms with Crippen LogP contribution in [0.2, 0.25) is 0 Å². The zero-order valence-electron chi connectivity index (χ0n) is 19.8. The maximum atomic E-state index is 10.5. The summed E-state index contributed by atoms with van der Waals surface area (Å²) in [5, 5.41) is 17.3. The van der Waals surface area contributed by atoms with Crippen LogP contribution in [-0.2, 0) is 16.1 Å². The number of unbranched alkanes of at least 4 members (excludes halogenated alkanes) is 8. The van der Waals surface area contributed by atoms with Gasteiger partial charge in [0, 0.05) is 25.5 Å². The first kappa shape index (κ1) is 27.8. The Balaban J connectivity index is 2.35. The molecule has 0 bridgehead atoms. The van der Waals surface area contributed by atoms with E-state index in [1.165, 1.54) is 0 Å². The molecule has 0 amide bonds. The van der Waals surface area contributed by atoms with E-state index >= 15 is 0 Å². The van der Waals surface area contributed by atoms with Crippen LogP contribution in [0.25, 0.3) is 0 Å². The van der Waals surface area contributed by atoms with Crippen LogP contribution in [0.15, 0.2) is 18.2 Å². The number of hydrogen-bond donors (Lipinski definition) is 2. The lowest BCUT2D eigenvalue weighted by Gasteiger charge is -2.15. The molecule has 1 aromatic carbocycles. The van der Waals surface area contributed by atoms with Crippen molar-refractivity contribution in [1.82, 2.24) is 4.90 Å². The molecule has 7 nitrogen and oxygen atoms in total. The van der Waals surface area contributed by atoms with Gasteiger partial charge in [0.05, 0.1) is 13.2 Å². The Hall–Kier alpha value is -2.28. The summed E-state index contributed by atoms with van der Waals surface area (Å²) in [6, 6.07) is 6.06. The third-order valence-electron chi connectivity index (χ3n) is 5.05. The topological polar surface area (TPSA) is 96.3 Å². The van der Waals surface area contributed by atoms with Crippen LogP contribution in [0.4, 0.5) is 0 Å². The van der Waals surface area contributed by atoms with Gasteiger partial charge in [0.1, 0.15) is 11.5 Å². The molecule has 0 aliphatic carbocycles. The quantitative estimate of drug-likeness (QED) is 0.258. The first-order chi connectivity index (χ1) is 15.4. The number of aliphatic carboxylic acids is 2. The molecule has 0 saturated carbocycles. The minimum atomic E-state index is -0.722. The van der Waals surface area contributed by atoms with Crippen molar-refractivity contribution in [3.63, 3.8) is 0 Å². The Morgan fingerprint density at radius 3 is 1.50 bits per heavy atom. The van der Waals surface area contributed by atoms with E-state index in [0.717, 1.165) is 87.8 Å². The lowest BCUT2D eigenvalue weighted by Crippen LogP contribution is -2.11. The summed E-state index contributed by atoms with van der Waals surface area (Å²) in [5.41, 5.74) is 1.14. The lowest BCUT2D eigenvalue weighted by atomic mass is 10.1. The van der Waals surface area contributed by atoms with Crippen LogP contribution >= 0.6 is 0 Å². The van der Waals surface area contributed by atoms with E-state index in [0.29, 0.717) is 13.2 Å². The molecule has 0 aliphatic heterocycles. The molecule has 0 aliphatic rings. The summed E-state index contributed by atoms with van der Waals surface area (Å²) in [6.07, 6.45) is 9.91. The maximum Gasteiger partial charge on any atom is 0.303 e. The second-order valence-electron chi connectivity index (χ2n) is 8.57. The van der Waals surface area contributed by atoms with E-state index in [2.05, 4.69) is 17.0 Å². The zero-order chi connectivity index (χ0) is 23.6. The average molecular weight is 452 g/mol. The zero-order valence-corrected chi connectivity index (χ0v) is 19.8. The third-order valence-corrected chi connectivity index (χ3v) is 5.05. The number of ether oxygens (including phenoxy) is 2. The number of rotatable bonds is 20. The van der Waals surface area contributed by atoms with Crippen LogP contribution in [0.5, 0.6) is 11.5 Å². The smallest absolute Gasteiger partial charge is 0.303 e. The van der Waals surface area contributed by atoms with Gasteiger partial charge in [-0.2, -0.15) is 0 Å². The first-order valence-electron chi connectivity index (χ1n) is 11.8. The highest BCUT2D eigenvalue weighted by Crippen LogP contribution is 2.24. The van der Waals surface area contributed by atoms with Crippen molar-refractivity contribution < 1.29 is 29.3 Å². The Bertz CT molecular complexity index is 614. The van der Waals surface area contributed by atoms with E-state index in [9.17, 15) is 9.59 Å². The van der Waals surface area contributed by atoms with Crippen molar-refractivity contribution in [3.05, 3.63) is 23.8 Å². The molecule has 0 atom stereocenters. The Morgan fingerprint density at radius 2 is 1.09 bits per heavy atom. The highest BCUT2D eigenvalue weighted by Gasteiger charge is 2.06. The predicted molar refractivity (Wildman–Crippen MR) is 125 cm³/mol. The molecule has 0 unspecified atom stereocenters. The van der Waals surface area contributed by atoms with E-state index in [1.807, 2.05) is 20.2 Å². The van der Waals surface area contributed by atoms with E-state index in [1.54, 1.807) is 0 Å². The fourth-order valence-electron chi connectivity index (χ4n) is 3.45. The maximum absolute atomic E-state index is 10.5. The van der Waals surface area contributed by atoms with Crippen molar-refractivity contribution >= 4 is 11.9 Å². The van der Waals surface area contributed by atoms with Gasteiger partial charge in [0.25, 0.3) is 0 Å². The fraction of sp³-hybridized carbons (Fsp3) is 0.680. The number of carboxylic acids is 2. The molecule has 0 fully saturated rings. The van der Waals surface area contributed by atoms with E-state index in [-0.39, 0.29) is 12.8 Å². The molecule has 182 valence electrons. The number of carbonyl (C=O) groups is 2. The predicted octanol–water partition coefficient (Wildman–Crippen LogP) is 5.36. The van der Waals surface area contributed by atoms with Gasteiger partial charge in [-0.15, -0.1) is 0 Å². The Kier molecular flexibility index (Phi) is 15.0. The van der Waals surface area contributed by atoms with E-state index < -0.39 is 11.9 Å². The number of hydrogen-bond acceptors (Lipinski definition) is 5. The number of benzene rings is 1. The Labute approximate surface area is 192 Å². The normalized spacial score (nSPS) is 11.0. The van der Waals surface area contributed by atoms with Crippen LogP contribution < -0.4 is 9.47 Å². The van der Waals surface area contributed by atoms with Crippen molar-refractivity contribution in [2.24, 2.45) is 0 Å². The standard InChI is InChI=1S/C25H41NO6/c1-26(2)20-21-17-22(31-15-11-7-3-5-9-13-24(27)28)19-23(18-21)32-16-12-8-4-6-10-14-25(29)30/h17-19H,3-16,20H2,1-2H3,(H,27,28)(H,29,30). The monoisotopic (exact) mass is 451 g/mol. The number of nitrogens with zero attached hydrogens (tertiary/aromatic N) is 1. The largest absolute Gasteiger partial charge is 0.493 e. The van der Waals surface area contributed by atoms with Crippen LogP contribution in [0.3, 0.4) is 0 Å². The van der Waals surface area contributed by atoms with Crippen molar-refractivity contribution in [2.75, 3.05) is 27.3 Å². The minimum absolute atomic E-state index is 0.253. The second-order valence-corrected chi connectivity index (χ2v) is 8.57. The molecule has 0 saturated heterocycles. The summed E-state index contributed by atoms with van der Waals surface area (Å²) < 4.78 is 11.9. The van der Waals surface area contributed by atoms with Gasteiger partial charge in [0.2, 0.25) is 0 Å². The van der Waals surface area contributed by atoms with Crippen molar-refractivity contribution in [3.8, 4) is 11.5 Å². The van der Waals surface area contributed by atoms with Gasteiger partial charge < -0.3 is 24.6 Å². The Morgan fingerprint density at radius 1 is 0.688 bits per heavy atom. The average Bonchev–Trinajstić information content (AvgIpc) is 2.71. The highest BCUT2D eigenvalue weighted by atomic mass is 16.5. The molecule has 2 N–H and O–H groups in total. The van der Waals surface area contributed by atoms with Gasteiger partial charge >= 0.3 is 11.9 Å². The summed E-state index contributed by atoms with van der Waals surface area (Å²) in [7, 11) is 4.06. The van der Waals surface area contributed by atoms with Crippen molar-refractivity contribution in [2.45, 2.75) is 83.6 Å². The van der Waals surface area contributed by atoms with Gasteiger partial charge in [-0.3, -0.25) is 9.59 Å². The minimum Gasteiger partial charge on any atom is -0.493 e. The SMILES string of the molecule is CN(C)Cc1cc(OCCCCCCCC(=O)O)cc(OCCCCCCCC(=O)O)c1. The summed E-state index contributed by atoms with van der Waals surface area (Å²) in [5.74, 6) is 0.192. The van der Waals surface area contributed by atoms with Crippen molar-refractivity contribution in [1.29, 1.82) is 0 Å². The van der Waals surface area contributed by atoms with Gasteiger partial charge in [-0.1, -0.05) is 38.5 Å². The molecular weight excluding hydrogens is 410 g/mol. The van der Waals surface area contributed by atoms with Crippen LogP contribution in [-0.4, -0.2) is 54.4 Å². The number of carboxylic acid groups (broad SMARTS) is 2. The summed E-state index contributed by atoms with van der Waals surface area (Å²) in [4.78, 5) is 23.1. The van der Waals surface area contributed by atoms with Gasteiger partial charge in [-0.05, 0) is 57.5 Å². The molecule has 1 aromatic rings. The first-order valence-corrected chi connectivity index (χ1v) is 11.8. The molecule has 0 spiro atoms. The second kappa shape index (κ2) is 17.3. The molecule has 7 heteroatoms. The van der Waals surface area contributed by atoms with E-state index in [4.69, 9.17) is 19.7 Å². The molecule has 0 heterocycles. The summed E-state index contributed by atoms with van der Waals surface area (Å²) >= 11 is 0. The molecule has 0 radical (unpaired) electrons. The van der Waals surface area contributed by atoms with Crippen LogP contribution in [0, 0.1) is 0 Å².